The Morgan fingerprint density at radius 2 is 1.95 bits per heavy atom. The Labute approximate surface area is 123 Å². The zero-order valence-electron chi connectivity index (χ0n) is 11.4. The van der Waals surface area contributed by atoms with E-state index >= 15 is 0 Å². The summed E-state index contributed by atoms with van der Waals surface area (Å²) in [5, 5.41) is 3.32. The molecule has 1 saturated heterocycles. The third-order valence-corrected chi connectivity index (χ3v) is 4.04. The van der Waals surface area contributed by atoms with Gasteiger partial charge in [-0.15, -0.1) is 0 Å². The van der Waals surface area contributed by atoms with Crippen molar-refractivity contribution >= 4 is 21.8 Å². The molecule has 1 unspecified atom stereocenters. The van der Waals surface area contributed by atoms with E-state index < -0.39 is 0 Å². The van der Waals surface area contributed by atoms with Gasteiger partial charge in [0.15, 0.2) is 0 Å². The Hall–Kier alpha value is -0.870. The fourth-order valence-corrected chi connectivity index (χ4v) is 2.65. The number of carbonyl (C=O) groups is 1. The Bertz CT molecular complexity index is 413. The number of likely N-dealkylation sites (tertiary alicyclic amines) is 1. The second-order valence-corrected chi connectivity index (χ2v) is 6.12. The number of carbonyl (C=O) groups excluding carboxylic acids is 1. The van der Waals surface area contributed by atoms with Gasteiger partial charge in [0, 0.05) is 23.6 Å². The predicted octanol–water partition coefficient (Wildman–Crippen LogP) is 2.59. The molecular formula is C15H21BrN2O. The molecule has 2 rings (SSSR count). The zero-order chi connectivity index (χ0) is 13.7. The molecule has 19 heavy (non-hydrogen) atoms. The van der Waals surface area contributed by atoms with Crippen LogP contribution in [0.5, 0.6) is 0 Å². The number of halogens is 1. The fourth-order valence-electron chi connectivity index (χ4n) is 2.39. The summed E-state index contributed by atoms with van der Waals surface area (Å²) in [5.74, 6) is 0.236. The maximum atomic E-state index is 11.9. The molecule has 0 radical (unpaired) electrons. The summed E-state index contributed by atoms with van der Waals surface area (Å²) in [4.78, 5) is 13.9. The van der Waals surface area contributed by atoms with Gasteiger partial charge >= 0.3 is 0 Å². The van der Waals surface area contributed by atoms with Gasteiger partial charge in [-0.2, -0.15) is 0 Å². The number of amides is 1. The Morgan fingerprint density at radius 1 is 1.32 bits per heavy atom. The van der Waals surface area contributed by atoms with E-state index in [9.17, 15) is 4.79 Å². The largest absolute Gasteiger partial charge is 0.342 e. The summed E-state index contributed by atoms with van der Waals surface area (Å²) in [6, 6.07) is 8.65. The van der Waals surface area contributed by atoms with Crippen LogP contribution in [0.15, 0.2) is 28.7 Å². The Kier molecular flexibility index (Phi) is 5.40. The Morgan fingerprint density at radius 3 is 2.58 bits per heavy atom. The van der Waals surface area contributed by atoms with Crippen LogP contribution < -0.4 is 5.32 Å². The van der Waals surface area contributed by atoms with E-state index in [1.165, 1.54) is 5.56 Å². The van der Waals surface area contributed by atoms with E-state index in [1.54, 1.807) is 0 Å². The molecule has 1 aliphatic rings. The van der Waals surface area contributed by atoms with Crippen LogP contribution in [0.4, 0.5) is 0 Å². The van der Waals surface area contributed by atoms with Crippen LogP contribution in [0.3, 0.4) is 0 Å². The first-order valence-corrected chi connectivity index (χ1v) is 7.70. The highest BCUT2D eigenvalue weighted by molar-refractivity contribution is 9.10. The van der Waals surface area contributed by atoms with Gasteiger partial charge in [0.25, 0.3) is 0 Å². The first kappa shape index (κ1) is 14.5. The van der Waals surface area contributed by atoms with E-state index in [2.05, 4.69) is 52.4 Å². The molecule has 0 aliphatic carbocycles. The van der Waals surface area contributed by atoms with Crippen molar-refractivity contribution in [1.29, 1.82) is 0 Å². The van der Waals surface area contributed by atoms with Crippen molar-refractivity contribution in [2.45, 2.75) is 32.2 Å². The highest BCUT2D eigenvalue weighted by atomic mass is 79.9. The number of benzene rings is 1. The van der Waals surface area contributed by atoms with Gasteiger partial charge in [-0.25, -0.2) is 0 Å². The van der Waals surface area contributed by atoms with E-state index in [-0.39, 0.29) is 5.91 Å². The molecule has 0 aromatic heterocycles. The first-order valence-electron chi connectivity index (χ1n) is 6.91. The predicted molar refractivity (Wildman–Crippen MR) is 81.1 cm³/mol. The van der Waals surface area contributed by atoms with Crippen LogP contribution in [-0.2, 0) is 11.2 Å². The number of hydrogen-bond donors (Lipinski definition) is 1. The molecule has 4 heteroatoms. The smallest absolute Gasteiger partial charge is 0.236 e. The second-order valence-electron chi connectivity index (χ2n) is 5.20. The van der Waals surface area contributed by atoms with E-state index in [0.717, 1.165) is 36.8 Å². The second kappa shape index (κ2) is 7.06. The molecule has 3 nitrogen and oxygen atoms in total. The summed E-state index contributed by atoms with van der Waals surface area (Å²) >= 11 is 3.43. The number of rotatable bonds is 5. The quantitative estimate of drug-likeness (QED) is 0.902. The minimum atomic E-state index is 0.236. The van der Waals surface area contributed by atoms with E-state index in [4.69, 9.17) is 0 Å². The van der Waals surface area contributed by atoms with Gasteiger partial charge < -0.3 is 10.2 Å². The molecule has 0 bridgehead atoms. The number of nitrogens with one attached hydrogen (secondary N) is 1. The maximum Gasteiger partial charge on any atom is 0.236 e. The third kappa shape index (κ3) is 4.62. The molecular weight excluding hydrogens is 304 g/mol. The molecule has 1 aliphatic heterocycles. The molecule has 1 atom stereocenters. The summed E-state index contributed by atoms with van der Waals surface area (Å²) < 4.78 is 1.10. The van der Waals surface area contributed by atoms with Gasteiger partial charge in [0.05, 0.1) is 6.54 Å². The van der Waals surface area contributed by atoms with Gasteiger partial charge in [-0.3, -0.25) is 4.79 Å². The van der Waals surface area contributed by atoms with Gasteiger partial charge in [-0.05, 0) is 43.9 Å². The highest BCUT2D eigenvalue weighted by Crippen LogP contribution is 2.12. The SMILES string of the molecule is CC(Cc1ccc(Br)cc1)NCC(=O)N1CCCC1. The molecule has 1 aromatic carbocycles. The molecule has 1 N–H and O–H groups in total. The average molecular weight is 325 g/mol. The first-order chi connectivity index (χ1) is 9.15. The van der Waals surface area contributed by atoms with Gasteiger partial charge in [0.1, 0.15) is 0 Å². The minimum Gasteiger partial charge on any atom is -0.342 e. The highest BCUT2D eigenvalue weighted by Gasteiger charge is 2.17. The summed E-state index contributed by atoms with van der Waals surface area (Å²) in [6.45, 7) is 4.44. The number of nitrogens with zero attached hydrogens (tertiary/aromatic N) is 1. The lowest BCUT2D eigenvalue weighted by Gasteiger charge is -2.18. The van der Waals surface area contributed by atoms with Gasteiger partial charge in [0.2, 0.25) is 5.91 Å². The van der Waals surface area contributed by atoms with Crippen molar-refractivity contribution in [3.63, 3.8) is 0 Å². The fraction of sp³-hybridized carbons (Fsp3) is 0.533. The zero-order valence-corrected chi connectivity index (χ0v) is 12.9. The van der Waals surface area contributed by atoms with Crippen LogP contribution in [0.1, 0.15) is 25.3 Å². The van der Waals surface area contributed by atoms with Crippen molar-refractivity contribution in [3.8, 4) is 0 Å². The van der Waals surface area contributed by atoms with Crippen molar-refractivity contribution in [1.82, 2.24) is 10.2 Å². The van der Waals surface area contributed by atoms with E-state index in [0.29, 0.717) is 12.6 Å². The normalized spacial score (nSPS) is 16.6. The third-order valence-electron chi connectivity index (χ3n) is 3.52. The topological polar surface area (TPSA) is 32.3 Å². The minimum absolute atomic E-state index is 0.236. The molecule has 1 aromatic rings. The van der Waals surface area contributed by atoms with Crippen molar-refractivity contribution in [2.24, 2.45) is 0 Å². The standard InChI is InChI=1S/C15H21BrN2O/c1-12(10-13-4-6-14(16)7-5-13)17-11-15(19)18-8-2-3-9-18/h4-7,12,17H,2-3,8-11H2,1H3. The molecule has 104 valence electrons. The van der Waals surface area contributed by atoms with Crippen molar-refractivity contribution in [2.75, 3.05) is 19.6 Å². The summed E-state index contributed by atoms with van der Waals surface area (Å²) in [6.07, 6.45) is 3.25. The molecule has 1 fully saturated rings. The van der Waals surface area contributed by atoms with Crippen LogP contribution in [0.25, 0.3) is 0 Å². The summed E-state index contributed by atoms with van der Waals surface area (Å²) in [7, 11) is 0. The van der Waals surface area contributed by atoms with Crippen LogP contribution in [-0.4, -0.2) is 36.5 Å². The Balaban J connectivity index is 1.73. The lowest BCUT2D eigenvalue weighted by molar-refractivity contribution is -0.129. The number of hydrogen-bond acceptors (Lipinski definition) is 2. The monoisotopic (exact) mass is 324 g/mol. The van der Waals surface area contributed by atoms with Gasteiger partial charge in [-0.1, -0.05) is 28.1 Å². The van der Waals surface area contributed by atoms with Crippen LogP contribution >= 0.6 is 15.9 Å². The van der Waals surface area contributed by atoms with Crippen molar-refractivity contribution < 1.29 is 4.79 Å². The lowest BCUT2D eigenvalue weighted by atomic mass is 10.1. The molecule has 0 saturated carbocycles. The van der Waals surface area contributed by atoms with Crippen molar-refractivity contribution in [3.05, 3.63) is 34.3 Å². The molecule has 1 amide bonds. The van der Waals surface area contributed by atoms with E-state index in [1.807, 2.05) is 4.90 Å². The molecule has 0 spiro atoms. The average Bonchev–Trinajstić information content (AvgIpc) is 2.93. The lowest BCUT2D eigenvalue weighted by Crippen LogP contribution is -2.40. The summed E-state index contributed by atoms with van der Waals surface area (Å²) in [5.41, 5.74) is 1.29. The van der Waals surface area contributed by atoms with Crippen LogP contribution in [0.2, 0.25) is 0 Å². The maximum absolute atomic E-state index is 11.9. The van der Waals surface area contributed by atoms with Crippen LogP contribution in [0, 0.1) is 0 Å². The molecule has 1 heterocycles.